The fourth-order valence-corrected chi connectivity index (χ4v) is 5.91. The minimum atomic E-state index is -1.85. The molecule has 0 unspecified atom stereocenters. The van der Waals surface area contributed by atoms with Gasteiger partial charge in [0, 0.05) is 36.5 Å². The van der Waals surface area contributed by atoms with Crippen LogP contribution in [-0.2, 0) is 20.8 Å². The van der Waals surface area contributed by atoms with E-state index in [1.54, 1.807) is 0 Å². The third-order valence-electron chi connectivity index (χ3n) is 4.29. The van der Waals surface area contributed by atoms with Gasteiger partial charge in [0.2, 0.25) is 0 Å². The molecule has 4 rings (SSSR count). The molecular weight excluding hydrogens is 430 g/mol. The molecule has 0 bridgehead atoms. The predicted octanol–water partition coefficient (Wildman–Crippen LogP) is 5.20. The van der Waals surface area contributed by atoms with Crippen LogP contribution in [0.15, 0.2) is 48.6 Å². The summed E-state index contributed by atoms with van der Waals surface area (Å²) in [6.45, 7) is 4.73. The first-order valence-electron chi connectivity index (χ1n) is 7.53. The van der Waals surface area contributed by atoms with Crippen LogP contribution >= 0.6 is 17.0 Å². The van der Waals surface area contributed by atoms with Crippen molar-refractivity contribution in [2.45, 2.75) is 13.1 Å². The summed E-state index contributed by atoms with van der Waals surface area (Å²) in [4.78, 5) is 0. The molecule has 0 saturated heterocycles. The molecule has 4 aliphatic rings. The third-order valence-corrected chi connectivity index (χ3v) is 7.58. The zero-order chi connectivity index (χ0) is 17.2. The van der Waals surface area contributed by atoms with Gasteiger partial charge in [-0.1, -0.05) is 61.7 Å². The summed E-state index contributed by atoms with van der Waals surface area (Å²) < 4.78 is 0. The van der Waals surface area contributed by atoms with Gasteiger partial charge in [0.1, 0.15) is 0 Å². The van der Waals surface area contributed by atoms with E-state index >= 15 is 0 Å². The van der Waals surface area contributed by atoms with Crippen LogP contribution in [0, 0.1) is 60.4 Å². The van der Waals surface area contributed by atoms with Crippen LogP contribution in [0.5, 0.6) is 0 Å². The van der Waals surface area contributed by atoms with Gasteiger partial charge in [-0.2, -0.15) is 0 Å². The quantitative estimate of drug-likeness (QED) is 0.514. The van der Waals surface area contributed by atoms with Gasteiger partial charge in [-0.05, 0) is 23.9 Å². The second-order valence-electron chi connectivity index (χ2n) is 6.04. The molecule has 116 valence electrons. The van der Waals surface area contributed by atoms with Crippen LogP contribution < -0.4 is 0 Å². The van der Waals surface area contributed by atoms with E-state index in [1.807, 2.05) is 0 Å². The second-order valence-corrected chi connectivity index (χ2v) is 14.0. The third kappa shape index (κ3) is 3.83. The molecule has 0 aromatic heterocycles. The molecule has 14 radical (unpaired) electrons. The van der Waals surface area contributed by atoms with Crippen LogP contribution in [-0.4, -0.2) is 8.07 Å². The molecule has 2 saturated carbocycles. The summed E-state index contributed by atoms with van der Waals surface area (Å²) in [5.41, 5.74) is 2.64. The number of rotatable bonds is 2. The van der Waals surface area contributed by atoms with Crippen molar-refractivity contribution in [2.24, 2.45) is 0 Å². The first-order valence-corrected chi connectivity index (χ1v) is 16.9. The fraction of sp³-hybridized carbons (Fsp3) is 0.100. The van der Waals surface area contributed by atoms with Crippen molar-refractivity contribution in [1.29, 1.82) is 0 Å². The van der Waals surface area contributed by atoms with Gasteiger partial charge < -0.3 is 0 Å². The molecule has 0 amide bonds. The predicted molar refractivity (Wildman–Crippen MR) is 98.2 cm³/mol. The zero-order valence-corrected chi connectivity index (χ0v) is 18.3. The van der Waals surface area contributed by atoms with Gasteiger partial charge in [0.05, 0.1) is 8.07 Å². The summed E-state index contributed by atoms with van der Waals surface area (Å²) in [5.74, 6) is 4.89. The van der Waals surface area contributed by atoms with Crippen LogP contribution in [0.2, 0.25) is 13.1 Å². The average molecular weight is 445 g/mol. The van der Waals surface area contributed by atoms with E-state index < -0.39 is 28.9 Å². The van der Waals surface area contributed by atoms with Gasteiger partial charge in [-0.15, -0.1) is 0 Å². The Bertz CT molecular complexity index is 506. The van der Waals surface area contributed by atoms with Crippen molar-refractivity contribution >= 4 is 25.1 Å². The Morgan fingerprint density at radius 1 is 0.708 bits per heavy atom. The van der Waals surface area contributed by atoms with E-state index in [4.69, 9.17) is 17.0 Å². The van der Waals surface area contributed by atoms with E-state index in [0.29, 0.717) is 0 Å². The summed E-state index contributed by atoms with van der Waals surface area (Å²) >= 11 is -0.826. The number of hydrogen-bond donors (Lipinski definition) is 0. The Hall–Kier alpha value is 0.640. The fourth-order valence-electron chi connectivity index (χ4n) is 3.13. The van der Waals surface area contributed by atoms with Crippen molar-refractivity contribution in [1.82, 2.24) is 0 Å². The summed E-state index contributed by atoms with van der Waals surface area (Å²) in [5, 5.41) is 0. The van der Waals surface area contributed by atoms with Gasteiger partial charge in [0.15, 0.2) is 0 Å². The van der Waals surface area contributed by atoms with Crippen LogP contribution in [0.1, 0.15) is 0 Å². The molecule has 0 heterocycles. The molecule has 0 spiro atoms. The Kier molecular flexibility index (Phi) is 6.91. The standard InChI is InChI=1S/C20H14Si.2ClH.Zr/c1-21(2,19-13-11-15-7-3-5-9-17(15)19)20-14-12-16-8-4-6-10-18(16)20;;;/h3-10H,1-2H3;2*1H;/q;;;+2/p-2. The van der Waals surface area contributed by atoms with Crippen molar-refractivity contribution in [2.75, 3.05) is 0 Å². The molecule has 4 aliphatic carbocycles. The van der Waals surface area contributed by atoms with Crippen molar-refractivity contribution in [3.8, 4) is 0 Å². The molecule has 0 aromatic rings. The summed E-state index contributed by atoms with van der Waals surface area (Å²) in [7, 11) is 8.01. The van der Waals surface area contributed by atoms with E-state index in [0.717, 1.165) is 11.8 Å². The topological polar surface area (TPSA) is 0 Å². The number of allylic oxidation sites excluding steroid dienone is 8. The maximum absolute atomic E-state index is 4.93. The molecule has 0 atom stereocenters. The molecule has 0 N–H and O–H groups in total. The van der Waals surface area contributed by atoms with Gasteiger partial charge in [-0.3, -0.25) is 0 Å². The van der Waals surface area contributed by atoms with Crippen molar-refractivity contribution in [3.05, 3.63) is 109 Å². The minimum absolute atomic E-state index is 0.826. The Labute approximate surface area is 167 Å². The zero-order valence-electron chi connectivity index (χ0n) is 13.4. The summed E-state index contributed by atoms with van der Waals surface area (Å²) in [6.07, 6.45) is 30.3. The van der Waals surface area contributed by atoms with E-state index in [9.17, 15) is 0 Å². The molecular formula is C20H14Cl2SiZr. The first kappa shape index (κ1) is 19.4. The summed E-state index contributed by atoms with van der Waals surface area (Å²) in [6, 6.07) is 0. The normalized spacial score (nSPS) is 25.7. The molecule has 0 aromatic carbocycles. The van der Waals surface area contributed by atoms with Gasteiger partial charge in [-0.25, -0.2) is 0 Å². The van der Waals surface area contributed by atoms with Crippen LogP contribution in [0.3, 0.4) is 0 Å². The Morgan fingerprint density at radius 2 is 1.08 bits per heavy atom. The maximum atomic E-state index is 4.93. The van der Waals surface area contributed by atoms with E-state index in [1.165, 1.54) is 22.9 Å². The Morgan fingerprint density at radius 3 is 1.50 bits per heavy atom. The van der Waals surface area contributed by atoms with E-state index in [2.05, 4.69) is 87.4 Å². The molecule has 0 nitrogen and oxygen atoms in total. The number of halogens is 2. The molecule has 4 heteroatoms. The van der Waals surface area contributed by atoms with Gasteiger partial charge in [0.25, 0.3) is 0 Å². The molecule has 0 aliphatic heterocycles. The van der Waals surface area contributed by atoms with Crippen LogP contribution in [0.25, 0.3) is 0 Å². The second kappa shape index (κ2) is 8.55. The van der Waals surface area contributed by atoms with E-state index in [-0.39, 0.29) is 0 Å². The molecule has 24 heavy (non-hydrogen) atoms. The molecule has 2 fully saturated rings. The first-order chi connectivity index (χ1) is 11.6. The van der Waals surface area contributed by atoms with Crippen molar-refractivity contribution < 1.29 is 20.8 Å². The Balaban J connectivity index is 0.000000526. The monoisotopic (exact) mass is 442 g/mol. The number of fused-ring (bicyclic) bond motifs is 2. The van der Waals surface area contributed by atoms with Crippen molar-refractivity contribution in [3.63, 3.8) is 0 Å². The average Bonchev–Trinajstić information content (AvgIpc) is 3.20. The van der Waals surface area contributed by atoms with Crippen LogP contribution in [0.4, 0.5) is 0 Å². The number of hydrogen-bond acceptors (Lipinski definition) is 0. The van der Waals surface area contributed by atoms with Gasteiger partial charge >= 0.3 is 37.9 Å². The SMILES string of the molecule is C[Si](C)([C]1[C][C][C]2C=CC=C[C]21)[C]1[C][C][C]2C=CC=C[C]21.[Cl][Zr][Cl].